The maximum atomic E-state index is 12.4. The van der Waals surface area contributed by atoms with Gasteiger partial charge in [0, 0.05) is 43.9 Å². The summed E-state index contributed by atoms with van der Waals surface area (Å²) in [6.07, 6.45) is 0.229. The molecule has 0 saturated carbocycles. The van der Waals surface area contributed by atoms with Crippen molar-refractivity contribution in [3.05, 3.63) is 53.3 Å². The van der Waals surface area contributed by atoms with E-state index in [1.807, 2.05) is 31.2 Å². The van der Waals surface area contributed by atoms with Gasteiger partial charge in [-0.3, -0.25) is 19.3 Å². The molecule has 9 heteroatoms. The lowest BCUT2D eigenvalue weighted by molar-refractivity contribution is -0.117. The van der Waals surface area contributed by atoms with Crippen LogP contribution in [0.1, 0.15) is 20.3 Å². The second kappa shape index (κ2) is 10.0. The minimum absolute atomic E-state index is 0.0584. The molecule has 2 aromatic carbocycles. The fraction of sp³-hybridized carbons (Fsp3) is 0.273. The Kier molecular flexibility index (Phi) is 7.19. The van der Waals surface area contributed by atoms with Gasteiger partial charge in [-0.1, -0.05) is 0 Å². The number of aromatic nitrogens is 3. The third kappa shape index (κ3) is 5.58. The number of anilines is 2. The number of rotatable bonds is 8. The molecule has 0 atom stereocenters. The van der Waals surface area contributed by atoms with Gasteiger partial charge in [0.15, 0.2) is 10.6 Å². The summed E-state index contributed by atoms with van der Waals surface area (Å²) < 4.78 is 7.73. The first-order valence-electron chi connectivity index (χ1n) is 9.91. The minimum Gasteiger partial charge on any atom is -0.494 e. The normalized spacial score (nSPS) is 10.5. The standard InChI is InChI=1S/C22H25N5O3S/c1-4-30-19-11-5-16(6-12-19)21-24-25-22(31)27(21)14-13-20(29)23-17-7-9-18(10-8-17)26(3)15(2)28/h5-12H,4,13-14H2,1-3H3,(H,23,29)(H,25,31). The van der Waals surface area contributed by atoms with Crippen molar-refractivity contribution < 1.29 is 14.3 Å². The molecule has 2 amide bonds. The van der Waals surface area contributed by atoms with E-state index in [0.29, 0.717) is 29.4 Å². The lowest BCUT2D eigenvalue weighted by Crippen LogP contribution is -2.22. The van der Waals surface area contributed by atoms with Gasteiger partial charge in [0.2, 0.25) is 11.8 Å². The van der Waals surface area contributed by atoms with E-state index in [1.165, 1.54) is 11.8 Å². The van der Waals surface area contributed by atoms with Crippen molar-refractivity contribution in [1.29, 1.82) is 0 Å². The quantitative estimate of drug-likeness (QED) is 0.517. The van der Waals surface area contributed by atoms with Crippen LogP contribution < -0.4 is 15.0 Å². The fourth-order valence-corrected chi connectivity index (χ4v) is 3.22. The smallest absolute Gasteiger partial charge is 0.226 e. The third-order valence-electron chi connectivity index (χ3n) is 4.75. The van der Waals surface area contributed by atoms with Gasteiger partial charge in [0.05, 0.1) is 6.61 Å². The lowest BCUT2D eigenvalue weighted by Gasteiger charge is -2.15. The molecule has 8 nitrogen and oxygen atoms in total. The molecule has 0 fully saturated rings. The highest BCUT2D eigenvalue weighted by molar-refractivity contribution is 7.71. The van der Waals surface area contributed by atoms with Gasteiger partial charge in [0.1, 0.15) is 5.75 Å². The molecule has 31 heavy (non-hydrogen) atoms. The van der Waals surface area contributed by atoms with Crippen LogP contribution in [0.25, 0.3) is 11.4 Å². The van der Waals surface area contributed by atoms with Crippen molar-refractivity contribution in [3.8, 4) is 17.1 Å². The molecule has 0 aliphatic heterocycles. The summed E-state index contributed by atoms with van der Waals surface area (Å²) in [6, 6.07) is 14.7. The van der Waals surface area contributed by atoms with E-state index in [-0.39, 0.29) is 18.2 Å². The average molecular weight is 440 g/mol. The van der Waals surface area contributed by atoms with Gasteiger partial charge in [-0.05, 0) is 67.7 Å². The Morgan fingerprint density at radius 3 is 2.45 bits per heavy atom. The second-order valence-electron chi connectivity index (χ2n) is 6.88. The maximum absolute atomic E-state index is 12.4. The van der Waals surface area contributed by atoms with Crippen LogP contribution in [0.15, 0.2) is 48.5 Å². The zero-order valence-corrected chi connectivity index (χ0v) is 18.5. The number of carbonyl (C=O) groups excluding carboxylic acids is 2. The van der Waals surface area contributed by atoms with E-state index in [9.17, 15) is 9.59 Å². The van der Waals surface area contributed by atoms with Gasteiger partial charge < -0.3 is 15.0 Å². The molecule has 0 saturated heterocycles. The molecule has 2 N–H and O–H groups in total. The highest BCUT2D eigenvalue weighted by Gasteiger charge is 2.12. The fourth-order valence-electron chi connectivity index (χ4n) is 3.00. The molecule has 162 valence electrons. The molecule has 3 aromatic rings. The van der Waals surface area contributed by atoms with Crippen molar-refractivity contribution >= 4 is 35.4 Å². The molecule has 0 spiro atoms. The summed E-state index contributed by atoms with van der Waals surface area (Å²) in [6.45, 7) is 4.42. The van der Waals surface area contributed by atoms with Crippen molar-refractivity contribution in [2.75, 3.05) is 23.9 Å². The predicted octanol–water partition coefficient (Wildman–Crippen LogP) is 4.02. The van der Waals surface area contributed by atoms with E-state index in [4.69, 9.17) is 17.0 Å². The summed E-state index contributed by atoms with van der Waals surface area (Å²) in [5.41, 5.74) is 2.30. The van der Waals surface area contributed by atoms with Gasteiger partial charge >= 0.3 is 0 Å². The molecule has 3 rings (SSSR count). The third-order valence-corrected chi connectivity index (χ3v) is 5.07. The number of hydrogen-bond acceptors (Lipinski definition) is 5. The van der Waals surface area contributed by atoms with E-state index in [1.54, 1.807) is 35.9 Å². The molecule has 0 radical (unpaired) electrons. The van der Waals surface area contributed by atoms with Crippen LogP contribution in [0.4, 0.5) is 11.4 Å². The number of ether oxygens (including phenoxy) is 1. The first kappa shape index (κ1) is 22.2. The Labute approximate surface area is 185 Å². The van der Waals surface area contributed by atoms with Gasteiger partial charge in [-0.2, -0.15) is 5.10 Å². The van der Waals surface area contributed by atoms with Crippen LogP contribution >= 0.6 is 12.2 Å². The Balaban J connectivity index is 1.64. The zero-order chi connectivity index (χ0) is 22.4. The van der Waals surface area contributed by atoms with Gasteiger partial charge in [-0.25, -0.2) is 0 Å². The van der Waals surface area contributed by atoms with Gasteiger partial charge in [0.25, 0.3) is 0 Å². The number of amides is 2. The number of aromatic amines is 1. The van der Waals surface area contributed by atoms with Crippen LogP contribution in [0.5, 0.6) is 5.75 Å². The average Bonchev–Trinajstić information content (AvgIpc) is 3.13. The second-order valence-corrected chi connectivity index (χ2v) is 7.27. The molecule has 1 aromatic heterocycles. The molecule has 0 aliphatic carbocycles. The number of benzene rings is 2. The van der Waals surface area contributed by atoms with E-state index in [2.05, 4.69) is 15.5 Å². The molecule has 1 heterocycles. The van der Waals surface area contributed by atoms with Gasteiger partial charge in [-0.15, -0.1) is 0 Å². The van der Waals surface area contributed by atoms with E-state index < -0.39 is 0 Å². The molecule has 0 aliphatic rings. The summed E-state index contributed by atoms with van der Waals surface area (Å²) in [7, 11) is 1.70. The minimum atomic E-state index is -0.145. The van der Waals surface area contributed by atoms with Crippen LogP contribution in [0.3, 0.4) is 0 Å². The van der Waals surface area contributed by atoms with Crippen LogP contribution in [-0.2, 0) is 16.1 Å². The molecular weight excluding hydrogens is 414 g/mol. The van der Waals surface area contributed by atoms with Crippen LogP contribution in [0.2, 0.25) is 0 Å². The molecule has 0 unspecified atom stereocenters. The van der Waals surface area contributed by atoms with E-state index >= 15 is 0 Å². The number of nitrogens with one attached hydrogen (secondary N) is 2. The Bertz CT molecular complexity index is 1100. The van der Waals surface area contributed by atoms with Crippen molar-refractivity contribution in [1.82, 2.24) is 14.8 Å². The zero-order valence-electron chi connectivity index (χ0n) is 17.7. The molecular formula is C22H25N5O3S. The summed E-state index contributed by atoms with van der Waals surface area (Å²) >= 11 is 5.34. The largest absolute Gasteiger partial charge is 0.494 e. The molecule has 0 bridgehead atoms. The number of nitrogens with zero attached hydrogens (tertiary/aromatic N) is 3. The lowest BCUT2D eigenvalue weighted by atomic mass is 10.2. The highest BCUT2D eigenvalue weighted by Crippen LogP contribution is 2.22. The Hall–Kier alpha value is -3.46. The first-order chi connectivity index (χ1) is 14.9. The number of carbonyl (C=O) groups is 2. The first-order valence-corrected chi connectivity index (χ1v) is 10.3. The predicted molar refractivity (Wildman–Crippen MR) is 123 cm³/mol. The topological polar surface area (TPSA) is 92.2 Å². The van der Waals surface area contributed by atoms with Crippen molar-refractivity contribution in [3.63, 3.8) is 0 Å². The summed E-state index contributed by atoms with van der Waals surface area (Å²) in [4.78, 5) is 25.4. The highest BCUT2D eigenvalue weighted by atomic mass is 32.1. The van der Waals surface area contributed by atoms with Crippen molar-refractivity contribution in [2.45, 2.75) is 26.8 Å². The SMILES string of the molecule is CCOc1ccc(-c2n[nH]c(=S)n2CCC(=O)Nc2ccc(N(C)C(C)=O)cc2)cc1. The van der Waals surface area contributed by atoms with Crippen molar-refractivity contribution in [2.24, 2.45) is 0 Å². The Morgan fingerprint density at radius 1 is 1.16 bits per heavy atom. The number of H-pyrrole nitrogens is 1. The maximum Gasteiger partial charge on any atom is 0.226 e. The summed E-state index contributed by atoms with van der Waals surface area (Å²) in [5.74, 6) is 1.25. The summed E-state index contributed by atoms with van der Waals surface area (Å²) in [5, 5.41) is 9.96. The Morgan fingerprint density at radius 2 is 1.84 bits per heavy atom. The monoisotopic (exact) mass is 439 g/mol. The van der Waals surface area contributed by atoms with Crippen LogP contribution in [0, 0.1) is 4.77 Å². The van der Waals surface area contributed by atoms with Crippen LogP contribution in [-0.4, -0.2) is 40.2 Å². The number of hydrogen-bond donors (Lipinski definition) is 2. The van der Waals surface area contributed by atoms with E-state index in [0.717, 1.165) is 17.0 Å².